The van der Waals surface area contributed by atoms with Crippen LogP contribution in [0, 0.1) is 0 Å². The Balaban J connectivity index is 2.40. The molecular weight excluding hydrogens is 281 g/mol. The lowest BCUT2D eigenvalue weighted by Gasteiger charge is -2.09. The molecule has 0 saturated heterocycles. The summed E-state index contributed by atoms with van der Waals surface area (Å²) in [4.78, 5) is 0. The van der Waals surface area contributed by atoms with Gasteiger partial charge in [0.15, 0.2) is 5.22 Å². The van der Waals surface area contributed by atoms with E-state index in [1.165, 1.54) is 0 Å². The summed E-state index contributed by atoms with van der Waals surface area (Å²) in [6, 6.07) is 3.05. The summed E-state index contributed by atoms with van der Waals surface area (Å²) in [5.41, 5.74) is 6.88. The maximum absolute atomic E-state index is 6.03. The third-order valence-corrected chi connectivity index (χ3v) is 2.95. The van der Waals surface area contributed by atoms with Crippen LogP contribution in [0.3, 0.4) is 0 Å². The Bertz CT molecular complexity index is 460. The minimum absolute atomic E-state index is 0.332. The maximum atomic E-state index is 6.03. The average Bonchev–Trinajstić information content (AvgIpc) is 2.73. The van der Waals surface area contributed by atoms with Crippen LogP contribution in [0.15, 0.2) is 27.2 Å². The summed E-state index contributed by atoms with van der Waals surface area (Å²) in [5, 5.41) is 4.42. The molecular formula is C9H9BrClN3O. The van der Waals surface area contributed by atoms with Crippen LogP contribution in [-0.2, 0) is 7.05 Å². The molecule has 2 N–H and O–H groups in total. The molecule has 2 rings (SSSR count). The van der Waals surface area contributed by atoms with Crippen LogP contribution in [0.5, 0.6) is 0 Å². The number of aromatic nitrogens is 2. The maximum Gasteiger partial charge on any atom is 0.193 e. The van der Waals surface area contributed by atoms with E-state index in [9.17, 15) is 0 Å². The lowest BCUT2D eigenvalue weighted by molar-refractivity contribution is 0.479. The molecule has 0 aromatic carbocycles. The van der Waals surface area contributed by atoms with Gasteiger partial charge in [0.2, 0.25) is 0 Å². The van der Waals surface area contributed by atoms with Crippen LogP contribution in [0.4, 0.5) is 0 Å². The van der Waals surface area contributed by atoms with Gasteiger partial charge in [0.05, 0.1) is 16.4 Å². The van der Waals surface area contributed by atoms with Crippen LogP contribution in [0.25, 0.3) is 0 Å². The molecule has 2 aromatic rings. The molecule has 0 aliphatic heterocycles. The molecule has 0 amide bonds. The van der Waals surface area contributed by atoms with Crippen LogP contribution in [0.2, 0.25) is 5.22 Å². The van der Waals surface area contributed by atoms with Gasteiger partial charge in [0.25, 0.3) is 0 Å². The molecule has 4 nitrogen and oxygen atoms in total. The molecule has 15 heavy (non-hydrogen) atoms. The van der Waals surface area contributed by atoms with Gasteiger partial charge in [-0.25, -0.2) is 0 Å². The molecule has 0 fully saturated rings. The molecule has 0 radical (unpaired) electrons. The van der Waals surface area contributed by atoms with Crippen molar-refractivity contribution in [1.29, 1.82) is 0 Å². The minimum Gasteiger partial charge on any atom is -0.448 e. The van der Waals surface area contributed by atoms with E-state index in [0.717, 1.165) is 10.2 Å². The van der Waals surface area contributed by atoms with Gasteiger partial charge in [-0.15, -0.1) is 0 Å². The van der Waals surface area contributed by atoms with Crippen molar-refractivity contribution in [2.45, 2.75) is 6.04 Å². The molecule has 2 aromatic heterocycles. The van der Waals surface area contributed by atoms with Crippen LogP contribution in [0.1, 0.15) is 17.5 Å². The SMILES string of the molecule is Cn1ncc(Br)c1C(N)c1ccc(Cl)o1. The third-order valence-electron chi connectivity index (χ3n) is 2.13. The zero-order chi connectivity index (χ0) is 11.0. The van der Waals surface area contributed by atoms with E-state index < -0.39 is 0 Å². The quantitative estimate of drug-likeness (QED) is 0.924. The molecule has 0 aliphatic carbocycles. The first-order valence-electron chi connectivity index (χ1n) is 4.28. The summed E-state index contributed by atoms with van der Waals surface area (Å²) >= 11 is 9.07. The van der Waals surface area contributed by atoms with E-state index in [1.54, 1.807) is 23.0 Å². The molecule has 6 heteroatoms. The topological polar surface area (TPSA) is 57.0 Å². The average molecular weight is 291 g/mol. The zero-order valence-corrected chi connectivity index (χ0v) is 10.3. The smallest absolute Gasteiger partial charge is 0.193 e. The summed E-state index contributed by atoms with van der Waals surface area (Å²) in [7, 11) is 1.82. The number of furan rings is 1. The second-order valence-corrected chi connectivity index (χ2v) is 4.35. The van der Waals surface area contributed by atoms with Crippen molar-refractivity contribution in [1.82, 2.24) is 9.78 Å². The van der Waals surface area contributed by atoms with Crippen molar-refractivity contribution in [3.63, 3.8) is 0 Å². The summed E-state index contributed by atoms with van der Waals surface area (Å²) in [6.45, 7) is 0. The minimum atomic E-state index is -0.376. The number of halogens is 2. The first-order valence-corrected chi connectivity index (χ1v) is 5.45. The molecule has 2 heterocycles. The van der Waals surface area contributed by atoms with Crippen molar-refractivity contribution in [2.24, 2.45) is 12.8 Å². The van der Waals surface area contributed by atoms with Gasteiger partial charge < -0.3 is 10.2 Å². The van der Waals surface area contributed by atoms with E-state index >= 15 is 0 Å². The van der Waals surface area contributed by atoms with Crippen molar-refractivity contribution in [2.75, 3.05) is 0 Å². The Morgan fingerprint density at radius 3 is 2.80 bits per heavy atom. The van der Waals surface area contributed by atoms with Gasteiger partial charge in [0.1, 0.15) is 11.8 Å². The van der Waals surface area contributed by atoms with Crippen molar-refractivity contribution < 1.29 is 4.42 Å². The summed E-state index contributed by atoms with van der Waals surface area (Å²) < 4.78 is 7.81. The first kappa shape index (κ1) is 10.7. The molecule has 0 saturated carbocycles. The van der Waals surface area contributed by atoms with Gasteiger partial charge in [-0.3, -0.25) is 4.68 Å². The lowest BCUT2D eigenvalue weighted by atomic mass is 10.2. The van der Waals surface area contributed by atoms with Crippen molar-refractivity contribution in [3.05, 3.63) is 39.5 Å². The van der Waals surface area contributed by atoms with Crippen molar-refractivity contribution in [3.8, 4) is 0 Å². The number of hydrogen-bond acceptors (Lipinski definition) is 3. The Morgan fingerprint density at radius 1 is 1.60 bits per heavy atom. The van der Waals surface area contributed by atoms with Gasteiger partial charge >= 0.3 is 0 Å². The number of rotatable bonds is 2. The lowest BCUT2D eigenvalue weighted by Crippen LogP contribution is -2.15. The third kappa shape index (κ3) is 1.95. The predicted octanol–water partition coefficient (Wildman–Crippen LogP) is 2.48. The number of hydrogen-bond donors (Lipinski definition) is 1. The first-order chi connectivity index (χ1) is 7.09. The van der Waals surface area contributed by atoms with Crippen LogP contribution in [-0.4, -0.2) is 9.78 Å². The van der Waals surface area contributed by atoms with Crippen LogP contribution < -0.4 is 5.73 Å². The summed E-state index contributed by atoms with van der Waals surface area (Å²) in [6.07, 6.45) is 1.69. The highest BCUT2D eigenvalue weighted by Gasteiger charge is 2.19. The Labute approximate surface area is 100 Å². The van der Waals surface area contributed by atoms with E-state index in [1.807, 2.05) is 7.05 Å². The van der Waals surface area contributed by atoms with Crippen molar-refractivity contribution >= 4 is 27.5 Å². The predicted molar refractivity (Wildman–Crippen MR) is 60.7 cm³/mol. The fourth-order valence-electron chi connectivity index (χ4n) is 1.40. The summed E-state index contributed by atoms with van der Waals surface area (Å²) in [5.74, 6) is 0.615. The molecule has 80 valence electrons. The Hall–Kier alpha value is -0.780. The number of aryl methyl sites for hydroxylation is 1. The van der Waals surface area contributed by atoms with Gasteiger partial charge in [-0.2, -0.15) is 5.10 Å². The second kappa shape index (κ2) is 4.00. The normalized spacial score (nSPS) is 13.1. The Kier molecular flexibility index (Phi) is 2.86. The van der Waals surface area contributed by atoms with E-state index in [-0.39, 0.29) is 6.04 Å². The molecule has 1 unspecified atom stereocenters. The Morgan fingerprint density at radius 2 is 2.33 bits per heavy atom. The van der Waals surface area contributed by atoms with Crippen LogP contribution >= 0.6 is 27.5 Å². The highest BCUT2D eigenvalue weighted by molar-refractivity contribution is 9.10. The molecule has 0 spiro atoms. The largest absolute Gasteiger partial charge is 0.448 e. The zero-order valence-electron chi connectivity index (χ0n) is 7.95. The monoisotopic (exact) mass is 289 g/mol. The highest BCUT2D eigenvalue weighted by Crippen LogP contribution is 2.28. The molecule has 0 aliphatic rings. The van der Waals surface area contributed by atoms with E-state index in [0.29, 0.717) is 11.0 Å². The van der Waals surface area contributed by atoms with Gasteiger partial charge in [-0.1, -0.05) is 0 Å². The highest BCUT2D eigenvalue weighted by atomic mass is 79.9. The van der Waals surface area contributed by atoms with E-state index in [4.69, 9.17) is 21.8 Å². The standard InChI is InChI=1S/C9H9BrClN3O/c1-14-9(5(10)4-13-14)8(12)6-2-3-7(11)15-6/h2-4,8H,12H2,1H3. The number of nitrogens with two attached hydrogens (primary N) is 1. The second-order valence-electron chi connectivity index (χ2n) is 3.12. The fraction of sp³-hybridized carbons (Fsp3) is 0.222. The van der Waals surface area contributed by atoms with Gasteiger partial charge in [0, 0.05) is 7.05 Å². The van der Waals surface area contributed by atoms with E-state index in [2.05, 4.69) is 21.0 Å². The fourth-order valence-corrected chi connectivity index (χ4v) is 2.15. The van der Waals surface area contributed by atoms with Gasteiger partial charge in [-0.05, 0) is 39.7 Å². The molecule has 0 bridgehead atoms. The molecule has 1 atom stereocenters. The number of nitrogens with zero attached hydrogens (tertiary/aromatic N) is 2.